The van der Waals surface area contributed by atoms with Crippen molar-refractivity contribution >= 4 is 5.84 Å². The Morgan fingerprint density at radius 2 is 2.12 bits per heavy atom. The van der Waals surface area contributed by atoms with Crippen LogP contribution in [0.1, 0.15) is 25.7 Å². The number of nitrogens with one attached hydrogen (secondary N) is 1. The molecule has 0 aromatic carbocycles. The maximum atomic E-state index is 6.83. The largest absolute Gasteiger partial charge is 0.388 e. The van der Waals surface area contributed by atoms with Crippen LogP contribution in [0.4, 0.5) is 0 Å². The second kappa shape index (κ2) is 4.62. The summed E-state index contributed by atoms with van der Waals surface area (Å²) in [7, 11) is 0. The molecule has 0 saturated carbocycles. The lowest BCUT2D eigenvalue weighted by atomic mass is 10.2. The molecule has 0 bridgehead atoms. The molecule has 0 spiro atoms. The maximum Gasteiger partial charge on any atom is 0.0905 e. The highest BCUT2D eigenvalue weighted by Gasteiger charge is 1.86. The van der Waals surface area contributed by atoms with Crippen molar-refractivity contribution < 1.29 is 0 Å². The summed E-state index contributed by atoms with van der Waals surface area (Å²) in [4.78, 5) is 0. The zero-order chi connectivity index (χ0) is 6.41. The summed E-state index contributed by atoms with van der Waals surface area (Å²) in [5.74, 6) is 0.290. The Labute approximate surface area is 50.6 Å². The molecule has 1 radical (unpaired) electrons. The molecular formula is C6H13N2. The molecule has 0 heterocycles. The molecule has 0 atom stereocenters. The standard InChI is InChI=1S/C6H13N2/c1-2-3-4-5-6(7)8/h1-5H2,(H3,7,8). The molecule has 0 unspecified atom stereocenters. The Balaban J connectivity index is 2.82. The predicted octanol–water partition coefficient (Wildman–Crippen LogP) is 1.32. The molecule has 0 fully saturated rings. The highest BCUT2D eigenvalue weighted by atomic mass is 14.7. The van der Waals surface area contributed by atoms with Crippen LogP contribution in [0.5, 0.6) is 0 Å². The van der Waals surface area contributed by atoms with Gasteiger partial charge in [-0.15, -0.1) is 0 Å². The van der Waals surface area contributed by atoms with Gasteiger partial charge in [-0.1, -0.05) is 19.8 Å². The lowest BCUT2D eigenvalue weighted by Crippen LogP contribution is -2.08. The van der Waals surface area contributed by atoms with Crippen LogP contribution < -0.4 is 5.73 Å². The van der Waals surface area contributed by atoms with Crippen molar-refractivity contribution in [2.75, 3.05) is 0 Å². The van der Waals surface area contributed by atoms with Gasteiger partial charge >= 0.3 is 0 Å². The summed E-state index contributed by atoms with van der Waals surface area (Å²) in [6, 6.07) is 0. The van der Waals surface area contributed by atoms with Gasteiger partial charge in [0.15, 0.2) is 0 Å². The van der Waals surface area contributed by atoms with E-state index in [1.807, 2.05) is 0 Å². The van der Waals surface area contributed by atoms with Gasteiger partial charge in [0.05, 0.1) is 5.84 Å². The second-order valence-electron chi connectivity index (χ2n) is 1.84. The van der Waals surface area contributed by atoms with Crippen LogP contribution in [-0.4, -0.2) is 5.84 Å². The minimum absolute atomic E-state index is 0.290. The van der Waals surface area contributed by atoms with E-state index in [0.29, 0.717) is 5.84 Å². The topological polar surface area (TPSA) is 49.9 Å². The van der Waals surface area contributed by atoms with Crippen LogP contribution in [0.2, 0.25) is 0 Å². The number of nitrogens with two attached hydrogens (primary N) is 1. The number of hydrogen-bond acceptors (Lipinski definition) is 1. The lowest BCUT2D eigenvalue weighted by molar-refractivity contribution is 0.771. The van der Waals surface area contributed by atoms with E-state index < -0.39 is 0 Å². The van der Waals surface area contributed by atoms with Crippen molar-refractivity contribution in [2.45, 2.75) is 25.7 Å². The highest BCUT2D eigenvalue weighted by molar-refractivity contribution is 5.76. The molecule has 0 aliphatic carbocycles. The second-order valence-corrected chi connectivity index (χ2v) is 1.84. The summed E-state index contributed by atoms with van der Waals surface area (Å²) in [5, 5.41) is 6.83. The van der Waals surface area contributed by atoms with E-state index in [2.05, 4.69) is 6.92 Å². The fourth-order valence-corrected chi connectivity index (χ4v) is 0.492. The van der Waals surface area contributed by atoms with Gasteiger partial charge in [-0.05, 0) is 6.42 Å². The van der Waals surface area contributed by atoms with Crippen molar-refractivity contribution in [2.24, 2.45) is 5.73 Å². The van der Waals surface area contributed by atoms with E-state index in [9.17, 15) is 0 Å². The Bertz CT molecular complexity index is 68.9. The number of amidine groups is 1. The fourth-order valence-electron chi connectivity index (χ4n) is 0.492. The van der Waals surface area contributed by atoms with Crippen molar-refractivity contribution in [1.82, 2.24) is 0 Å². The van der Waals surface area contributed by atoms with Gasteiger partial charge in [-0.3, -0.25) is 5.41 Å². The highest BCUT2D eigenvalue weighted by Crippen LogP contribution is 1.96. The normalized spacial score (nSPS) is 9.12. The number of hydrogen-bond donors (Lipinski definition) is 2. The van der Waals surface area contributed by atoms with Crippen LogP contribution >= 0.6 is 0 Å². The summed E-state index contributed by atoms with van der Waals surface area (Å²) >= 11 is 0. The molecule has 3 N–H and O–H groups in total. The van der Waals surface area contributed by atoms with Crippen LogP contribution in [-0.2, 0) is 0 Å². The SMILES string of the molecule is [CH2]CCCCC(=N)N. The predicted molar refractivity (Wildman–Crippen MR) is 35.7 cm³/mol. The molecule has 0 rings (SSSR count). The van der Waals surface area contributed by atoms with E-state index in [0.717, 1.165) is 25.7 Å². The first-order valence-electron chi connectivity index (χ1n) is 2.89. The summed E-state index contributed by atoms with van der Waals surface area (Å²) in [5.41, 5.74) is 5.10. The zero-order valence-electron chi connectivity index (χ0n) is 5.11. The van der Waals surface area contributed by atoms with Crippen LogP contribution in [0.15, 0.2) is 0 Å². The van der Waals surface area contributed by atoms with Gasteiger partial charge < -0.3 is 5.73 Å². The molecular weight excluding hydrogens is 100 g/mol. The molecule has 0 aromatic heterocycles. The zero-order valence-corrected chi connectivity index (χ0v) is 5.11. The van der Waals surface area contributed by atoms with Gasteiger partial charge in [-0.2, -0.15) is 0 Å². The van der Waals surface area contributed by atoms with Gasteiger partial charge in [0.2, 0.25) is 0 Å². The third kappa shape index (κ3) is 5.47. The molecule has 0 aromatic rings. The van der Waals surface area contributed by atoms with Crippen molar-refractivity contribution in [3.63, 3.8) is 0 Å². The van der Waals surface area contributed by atoms with Crippen LogP contribution in [0.3, 0.4) is 0 Å². The molecule has 8 heavy (non-hydrogen) atoms. The average molecular weight is 113 g/mol. The number of unbranched alkanes of at least 4 members (excludes halogenated alkanes) is 2. The van der Waals surface area contributed by atoms with E-state index in [4.69, 9.17) is 11.1 Å². The molecule has 2 heteroatoms. The third-order valence-corrected chi connectivity index (χ3v) is 0.946. The molecule has 0 amide bonds. The molecule has 2 nitrogen and oxygen atoms in total. The van der Waals surface area contributed by atoms with Crippen LogP contribution in [0, 0.1) is 12.3 Å². The van der Waals surface area contributed by atoms with Gasteiger partial charge in [-0.25, -0.2) is 0 Å². The van der Waals surface area contributed by atoms with E-state index in [1.165, 1.54) is 0 Å². The summed E-state index contributed by atoms with van der Waals surface area (Å²) < 4.78 is 0. The summed E-state index contributed by atoms with van der Waals surface area (Å²) in [6.45, 7) is 3.67. The van der Waals surface area contributed by atoms with Crippen molar-refractivity contribution in [3.05, 3.63) is 6.92 Å². The molecule has 0 saturated heterocycles. The van der Waals surface area contributed by atoms with E-state index in [1.54, 1.807) is 0 Å². The van der Waals surface area contributed by atoms with Gasteiger partial charge in [0, 0.05) is 6.42 Å². The van der Waals surface area contributed by atoms with Crippen LogP contribution in [0.25, 0.3) is 0 Å². The third-order valence-electron chi connectivity index (χ3n) is 0.946. The monoisotopic (exact) mass is 113 g/mol. The molecule has 47 valence electrons. The Kier molecular flexibility index (Phi) is 4.32. The first-order chi connectivity index (χ1) is 3.77. The average Bonchev–Trinajstić information content (AvgIpc) is 1.66. The lowest BCUT2D eigenvalue weighted by Gasteiger charge is -1.93. The maximum absolute atomic E-state index is 6.83. The van der Waals surface area contributed by atoms with Crippen molar-refractivity contribution in [3.8, 4) is 0 Å². The van der Waals surface area contributed by atoms with Gasteiger partial charge in [0.25, 0.3) is 0 Å². The fraction of sp³-hybridized carbons (Fsp3) is 0.667. The minimum atomic E-state index is 0.290. The van der Waals surface area contributed by atoms with Crippen molar-refractivity contribution in [1.29, 1.82) is 5.41 Å². The molecule has 0 aliphatic heterocycles. The Morgan fingerprint density at radius 1 is 1.50 bits per heavy atom. The molecule has 0 aliphatic rings. The number of rotatable bonds is 4. The summed E-state index contributed by atoms with van der Waals surface area (Å²) in [6.07, 6.45) is 3.78. The Morgan fingerprint density at radius 3 is 2.50 bits per heavy atom. The minimum Gasteiger partial charge on any atom is -0.388 e. The van der Waals surface area contributed by atoms with E-state index in [-0.39, 0.29) is 0 Å². The first-order valence-corrected chi connectivity index (χ1v) is 2.89. The first kappa shape index (κ1) is 7.47. The van der Waals surface area contributed by atoms with Gasteiger partial charge in [0.1, 0.15) is 0 Å². The van der Waals surface area contributed by atoms with E-state index >= 15 is 0 Å². The smallest absolute Gasteiger partial charge is 0.0905 e. The Hall–Kier alpha value is -0.530. The quantitative estimate of drug-likeness (QED) is 0.322.